The van der Waals surface area contributed by atoms with Gasteiger partial charge in [-0.2, -0.15) is 0 Å². The summed E-state index contributed by atoms with van der Waals surface area (Å²) in [6.07, 6.45) is 1.64. The number of halogens is 2. The molecule has 0 bridgehead atoms. The first-order valence-electron chi connectivity index (χ1n) is 6.73. The Labute approximate surface area is 138 Å². The van der Waals surface area contributed by atoms with Crippen LogP contribution >= 0.6 is 23.4 Å². The molecule has 0 N–H and O–H groups in total. The second kappa shape index (κ2) is 7.61. The molecule has 0 aliphatic heterocycles. The second-order valence-corrected chi connectivity index (χ2v) is 6.18. The second-order valence-electron chi connectivity index (χ2n) is 4.81. The minimum absolute atomic E-state index is 0.0384. The van der Waals surface area contributed by atoms with Gasteiger partial charge in [-0.1, -0.05) is 35.5 Å². The molecule has 0 aliphatic carbocycles. The van der Waals surface area contributed by atoms with E-state index in [0.29, 0.717) is 10.0 Å². The quantitative estimate of drug-likeness (QED) is 0.766. The third-order valence-electron chi connectivity index (χ3n) is 3.38. The van der Waals surface area contributed by atoms with E-state index in [-0.39, 0.29) is 23.5 Å². The molecule has 1 aromatic carbocycles. The van der Waals surface area contributed by atoms with Crippen LogP contribution in [-0.2, 0) is 4.79 Å². The molecule has 1 aromatic heterocycles. The van der Waals surface area contributed by atoms with Gasteiger partial charge in [0.25, 0.3) is 0 Å². The van der Waals surface area contributed by atoms with Crippen molar-refractivity contribution in [3.8, 4) is 0 Å². The van der Waals surface area contributed by atoms with Gasteiger partial charge in [-0.05, 0) is 36.8 Å². The van der Waals surface area contributed by atoms with Gasteiger partial charge in [0.2, 0.25) is 5.91 Å². The molecule has 6 heteroatoms. The number of hydrogen-bond donors (Lipinski definition) is 0. The molecule has 0 aliphatic rings. The monoisotopic (exact) mass is 338 g/mol. The molecule has 0 saturated carbocycles. The van der Waals surface area contributed by atoms with Crippen LogP contribution in [0, 0.1) is 5.82 Å². The molecule has 2 rings (SSSR count). The molecule has 1 amide bonds. The summed E-state index contributed by atoms with van der Waals surface area (Å²) in [5, 5.41) is 1.18. The normalized spacial score (nSPS) is 12.0. The summed E-state index contributed by atoms with van der Waals surface area (Å²) in [4.78, 5) is 18.0. The fourth-order valence-corrected chi connectivity index (χ4v) is 2.98. The molecule has 0 fully saturated rings. The van der Waals surface area contributed by atoms with Crippen LogP contribution in [-0.4, -0.2) is 28.6 Å². The van der Waals surface area contributed by atoms with Crippen molar-refractivity contribution >= 4 is 29.3 Å². The molecular weight excluding hydrogens is 323 g/mol. The van der Waals surface area contributed by atoms with E-state index in [1.165, 1.54) is 23.9 Å². The van der Waals surface area contributed by atoms with Crippen LogP contribution in [0.15, 0.2) is 47.6 Å². The first kappa shape index (κ1) is 16.8. The van der Waals surface area contributed by atoms with E-state index in [1.54, 1.807) is 42.4 Å². The lowest BCUT2D eigenvalue weighted by Gasteiger charge is -2.25. The lowest BCUT2D eigenvalue weighted by atomic mass is 10.1. The fraction of sp³-hybridized carbons (Fsp3) is 0.250. The number of thioether (sulfide) groups is 1. The zero-order chi connectivity index (χ0) is 16.1. The predicted octanol–water partition coefficient (Wildman–Crippen LogP) is 4.19. The van der Waals surface area contributed by atoms with Crippen molar-refractivity contribution in [2.45, 2.75) is 18.0 Å². The Morgan fingerprint density at radius 3 is 2.68 bits per heavy atom. The zero-order valence-corrected chi connectivity index (χ0v) is 13.9. The Hall–Kier alpha value is -1.59. The van der Waals surface area contributed by atoms with Gasteiger partial charge in [-0.15, -0.1) is 0 Å². The summed E-state index contributed by atoms with van der Waals surface area (Å²) in [6, 6.07) is 9.52. The van der Waals surface area contributed by atoms with E-state index in [4.69, 9.17) is 11.6 Å². The summed E-state index contributed by atoms with van der Waals surface area (Å²) >= 11 is 7.32. The van der Waals surface area contributed by atoms with Crippen molar-refractivity contribution in [1.82, 2.24) is 9.88 Å². The Morgan fingerprint density at radius 1 is 1.36 bits per heavy atom. The van der Waals surface area contributed by atoms with Gasteiger partial charge >= 0.3 is 0 Å². The minimum Gasteiger partial charge on any atom is -0.338 e. The van der Waals surface area contributed by atoms with Gasteiger partial charge in [0.05, 0.1) is 16.8 Å². The standard InChI is InChI=1S/C16H16ClFN2OS/c1-11(12-5-7-13(18)8-6-12)20(2)15(21)10-22-16-14(17)4-3-9-19-16/h3-9,11H,10H2,1-2H3. The molecule has 2 aromatic rings. The Kier molecular flexibility index (Phi) is 5.80. The van der Waals surface area contributed by atoms with Crippen LogP contribution in [0.2, 0.25) is 5.02 Å². The Morgan fingerprint density at radius 2 is 2.05 bits per heavy atom. The van der Waals surface area contributed by atoms with Crippen LogP contribution in [0.25, 0.3) is 0 Å². The highest BCUT2D eigenvalue weighted by Crippen LogP contribution is 2.25. The van der Waals surface area contributed by atoms with Crippen molar-refractivity contribution in [3.05, 3.63) is 59.0 Å². The maximum atomic E-state index is 13.0. The summed E-state index contributed by atoms with van der Waals surface area (Å²) in [6.45, 7) is 1.91. The smallest absolute Gasteiger partial charge is 0.233 e. The average molecular weight is 339 g/mol. The highest BCUT2D eigenvalue weighted by molar-refractivity contribution is 8.00. The SMILES string of the molecule is CC(c1ccc(F)cc1)N(C)C(=O)CSc1ncccc1Cl. The van der Waals surface area contributed by atoms with Crippen LogP contribution < -0.4 is 0 Å². The molecule has 0 radical (unpaired) electrons. The average Bonchev–Trinajstić information content (AvgIpc) is 2.53. The number of nitrogens with zero attached hydrogens (tertiary/aromatic N) is 2. The first-order valence-corrected chi connectivity index (χ1v) is 8.10. The first-order chi connectivity index (χ1) is 10.5. The molecule has 116 valence electrons. The fourth-order valence-electron chi connectivity index (χ4n) is 1.89. The maximum Gasteiger partial charge on any atom is 0.233 e. The van der Waals surface area contributed by atoms with Gasteiger partial charge in [0.1, 0.15) is 10.8 Å². The van der Waals surface area contributed by atoms with Gasteiger partial charge in [-0.25, -0.2) is 9.37 Å². The van der Waals surface area contributed by atoms with Crippen molar-refractivity contribution in [1.29, 1.82) is 0 Å². The highest BCUT2D eigenvalue weighted by Gasteiger charge is 2.18. The number of aromatic nitrogens is 1. The number of hydrogen-bond acceptors (Lipinski definition) is 3. The third kappa shape index (κ3) is 4.21. The van der Waals surface area contributed by atoms with Gasteiger partial charge < -0.3 is 4.90 Å². The van der Waals surface area contributed by atoms with Crippen molar-refractivity contribution in [2.75, 3.05) is 12.8 Å². The lowest BCUT2D eigenvalue weighted by Crippen LogP contribution is -2.31. The van der Waals surface area contributed by atoms with Crippen LogP contribution in [0.1, 0.15) is 18.5 Å². The van der Waals surface area contributed by atoms with Crippen LogP contribution in [0.5, 0.6) is 0 Å². The third-order valence-corrected chi connectivity index (χ3v) is 4.79. The molecule has 22 heavy (non-hydrogen) atoms. The molecule has 0 saturated heterocycles. The molecule has 1 unspecified atom stereocenters. The van der Waals surface area contributed by atoms with Crippen LogP contribution in [0.4, 0.5) is 4.39 Å². The number of pyridine rings is 1. The minimum atomic E-state index is -0.287. The number of carbonyl (C=O) groups is 1. The van der Waals surface area contributed by atoms with E-state index < -0.39 is 0 Å². The molecule has 1 heterocycles. The highest BCUT2D eigenvalue weighted by atomic mass is 35.5. The topological polar surface area (TPSA) is 33.2 Å². The molecule has 1 atom stereocenters. The van der Waals surface area contributed by atoms with Gasteiger partial charge in [0, 0.05) is 13.2 Å². The number of amides is 1. The van der Waals surface area contributed by atoms with Gasteiger partial charge in [0.15, 0.2) is 0 Å². The summed E-state index contributed by atoms with van der Waals surface area (Å²) in [5.74, 6) is -0.0764. The Balaban J connectivity index is 1.97. The predicted molar refractivity (Wildman–Crippen MR) is 87.6 cm³/mol. The largest absolute Gasteiger partial charge is 0.338 e. The summed E-state index contributed by atoms with van der Waals surface area (Å²) in [5.41, 5.74) is 0.887. The van der Waals surface area contributed by atoms with Crippen LogP contribution in [0.3, 0.4) is 0 Å². The van der Waals surface area contributed by atoms with Gasteiger partial charge in [-0.3, -0.25) is 4.79 Å². The van der Waals surface area contributed by atoms with E-state index in [0.717, 1.165) is 5.56 Å². The van der Waals surface area contributed by atoms with Crippen molar-refractivity contribution < 1.29 is 9.18 Å². The van der Waals surface area contributed by atoms with E-state index in [2.05, 4.69) is 4.98 Å². The zero-order valence-electron chi connectivity index (χ0n) is 12.3. The number of rotatable bonds is 5. The number of carbonyl (C=O) groups excluding carboxylic acids is 1. The summed E-state index contributed by atoms with van der Waals surface area (Å²) in [7, 11) is 1.73. The van der Waals surface area contributed by atoms with E-state index in [9.17, 15) is 9.18 Å². The van der Waals surface area contributed by atoms with Crippen molar-refractivity contribution in [2.24, 2.45) is 0 Å². The lowest BCUT2D eigenvalue weighted by molar-refractivity contribution is -0.128. The van der Waals surface area contributed by atoms with E-state index >= 15 is 0 Å². The molecule has 3 nitrogen and oxygen atoms in total. The van der Waals surface area contributed by atoms with Crippen molar-refractivity contribution in [3.63, 3.8) is 0 Å². The van der Waals surface area contributed by atoms with E-state index in [1.807, 2.05) is 6.92 Å². The number of benzene rings is 1. The summed E-state index contributed by atoms with van der Waals surface area (Å²) < 4.78 is 13.0. The maximum absolute atomic E-state index is 13.0. The molecular formula is C16H16ClFN2OS. The molecule has 0 spiro atoms. The Bertz CT molecular complexity index is 651.